The van der Waals surface area contributed by atoms with E-state index in [1.165, 1.54) is 12.3 Å². The number of nitrogens with one attached hydrogen (secondary N) is 2. The van der Waals surface area contributed by atoms with Gasteiger partial charge in [0.15, 0.2) is 0 Å². The SMILES string of the molecule is CC(C)Oc1ccc(S(=O)(=O)NC(c2ccc(Cl)cc2)C2CCNCC2)cn1. The molecule has 1 aliphatic rings. The fraction of sp³-hybridized carbons (Fsp3) is 0.450. The Labute approximate surface area is 171 Å². The second kappa shape index (κ2) is 9.22. The van der Waals surface area contributed by atoms with Crippen molar-refractivity contribution >= 4 is 21.6 Å². The van der Waals surface area contributed by atoms with Gasteiger partial charge in [0, 0.05) is 17.1 Å². The number of aromatic nitrogens is 1. The number of hydrogen-bond donors (Lipinski definition) is 2. The van der Waals surface area contributed by atoms with E-state index < -0.39 is 10.0 Å². The van der Waals surface area contributed by atoms with E-state index in [1.807, 2.05) is 26.0 Å². The van der Waals surface area contributed by atoms with E-state index in [2.05, 4.69) is 15.0 Å². The molecule has 1 fully saturated rings. The summed E-state index contributed by atoms with van der Waals surface area (Å²) < 4.78 is 34.4. The number of pyridine rings is 1. The largest absolute Gasteiger partial charge is 0.475 e. The van der Waals surface area contributed by atoms with Crippen LogP contribution in [0, 0.1) is 5.92 Å². The lowest BCUT2D eigenvalue weighted by Crippen LogP contribution is -2.38. The maximum absolute atomic E-state index is 13.0. The second-order valence-electron chi connectivity index (χ2n) is 7.24. The van der Waals surface area contributed by atoms with Gasteiger partial charge in [-0.3, -0.25) is 0 Å². The van der Waals surface area contributed by atoms with Gasteiger partial charge in [0.2, 0.25) is 15.9 Å². The molecule has 1 atom stereocenters. The summed E-state index contributed by atoms with van der Waals surface area (Å²) in [7, 11) is -3.73. The molecular weight excluding hydrogens is 398 g/mol. The van der Waals surface area contributed by atoms with E-state index in [0.717, 1.165) is 31.5 Å². The molecule has 1 saturated heterocycles. The Morgan fingerprint density at radius 2 is 1.82 bits per heavy atom. The molecule has 152 valence electrons. The average molecular weight is 424 g/mol. The quantitative estimate of drug-likeness (QED) is 0.711. The van der Waals surface area contributed by atoms with Crippen LogP contribution in [-0.2, 0) is 10.0 Å². The predicted octanol–water partition coefficient (Wildman–Crippen LogP) is 3.54. The molecule has 2 heterocycles. The topological polar surface area (TPSA) is 80.3 Å². The molecule has 1 aromatic heterocycles. The first kappa shape index (κ1) is 21.0. The Balaban J connectivity index is 1.84. The lowest BCUT2D eigenvalue weighted by Gasteiger charge is -2.31. The van der Waals surface area contributed by atoms with Gasteiger partial charge in [-0.05, 0) is 69.5 Å². The molecule has 0 spiro atoms. The molecule has 0 radical (unpaired) electrons. The molecule has 2 aromatic rings. The monoisotopic (exact) mass is 423 g/mol. The normalized spacial score (nSPS) is 16.9. The van der Waals surface area contributed by atoms with E-state index in [-0.39, 0.29) is 23.0 Å². The highest BCUT2D eigenvalue weighted by atomic mass is 35.5. The first-order chi connectivity index (χ1) is 13.3. The van der Waals surface area contributed by atoms with Crippen LogP contribution in [0.2, 0.25) is 5.02 Å². The molecule has 6 nitrogen and oxygen atoms in total. The first-order valence-corrected chi connectivity index (χ1v) is 11.3. The van der Waals surface area contributed by atoms with Gasteiger partial charge in [0.05, 0.1) is 12.3 Å². The lowest BCUT2D eigenvalue weighted by atomic mass is 9.87. The van der Waals surface area contributed by atoms with Crippen molar-refractivity contribution in [3.8, 4) is 5.88 Å². The zero-order valence-electron chi connectivity index (χ0n) is 16.1. The van der Waals surface area contributed by atoms with Crippen LogP contribution in [0.25, 0.3) is 0 Å². The Hall–Kier alpha value is -1.67. The van der Waals surface area contributed by atoms with Crippen LogP contribution < -0.4 is 14.8 Å². The fourth-order valence-corrected chi connectivity index (χ4v) is 4.72. The maximum Gasteiger partial charge on any atom is 0.242 e. The highest BCUT2D eigenvalue weighted by Gasteiger charge is 2.29. The summed E-state index contributed by atoms with van der Waals surface area (Å²) in [4.78, 5) is 4.24. The van der Waals surface area contributed by atoms with E-state index in [1.54, 1.807) is 18.2 Å². The summed E-state index contributed by atoms with van der Waals surface area (Å²) in [6.45, 7) is 5.53. The number of nitrogens with zero attached hydrogens (tertiary/aromatic N) is 1. The third-order valence-corrected chi connectivity index (χ3v) is 6.42. The van der Waals surface area contributed by atoms with Crippen molar-refractivity contribution in [2.24, 2.45) is 5.92 Å². The van der Waals surface area contributed by atoms with Gasteiger partial charge in [-0.25, -0.2) is 18.1 Å². The van der Waals surface area contributed by atoms with Crippen LogP contribution >= 0.6 is 11.6 Å². The first-order valence-electron chi connectivity index (χ1n) is 9.46. The zero-order chi connectivity index (χ0) is 20.1. The minimum absolute atomic E-state index is 0.0257. The molecule has 0 saturated carbocycles. The second-order valence-corrected chi connectivity index (χ2v) is 9.39. The van der Waals surface area contributed by atoms with Crippen LogP contribution in [0.1, 0.15) is 38.3 Å². The average Bonchev–Trinajstić information content (AvgIpc) is 2.68. The van der Waals surface area contributed by atoms with Crippen LogP contribution in [0.15, 0.2) is 47.5 Å². The fourth-order valence-electron chi connectivity index (χ4n) is 3.36. The van der Waals surface area contributed by atoms with Gasteiger partial charge in [-0.1, -0.05) is 23.7 Å². The summed E-state index contributed by atoms with van der Waals surface area (Å²) in [5.41, 5.74) is 0.910. The Bertz CT molecular complexity index is 865. The molecule has 2 N–H and O–H groups in total. The molecule has 1 aliphatic heterocycles. The molecule has 1 aromatic carbocycles. The molecule has 0 amide bonds. The Kier molecular flexibility index (Phi) is 6.93. The van der Waals surface area contributed by atoms with Crippen LogP contribution in [0.5, 0.6) is 5.88 Å². The molecule has 8 heteroatoms. The van der Waals surface area contributed by atoms with Crippen molar-refractivity contribution in [1.29, 1.82) is 0 Å². The van der Waals surface area contributed by atoms with Gasteiger partial charge in [-0.15, -0.1) is 0 Å². The number of ether oxygens (including phenoxy) is 1. The summed E-state index contributed by atoms with van der Waals surface area (Å²) >= 11 is 6.01. The van der Waals surface area contributed by atoms with Gasteiger partial charge >= 0.3 is 0 Å². The van der Waals surface area contributed by atoms with Crippen molar-refractivity contribution < 1.29 is 13.2 Å². The van der Waals surface area contributed by atoms with Crippen LogP contribution in [-0.4, -0.2) is 32.6 Å². The van der Waals surface area contributed by atoms with Gasteiger partial charge in [-0.2, -0.15) is 0 Å². The van der Waals surface area contributed by atoms with E-state index >= 15 is 0 Å². The minimum Gasteiger partial charge on any atom is -0.475 e. The number of piperidine rings is 1. The maximum atomic E-state index is 13.0. The predicted molar refractivity (Wildman–Crippen MR) is 110 cm³/mol. The number of rotatable bonds is 7. The molecule has 3 rings (SSSR count). The number of hydrogen-bond acceptors (Lipinski definition) is 5. The standard InChI is InChI=1S/C20H26ClN3O3S/c1-14(2)27-19-8-7-18(13-23-19)28(25,26)24-20(16-9-11-22-12-10-16)15-3-5-17(21)6-4-15/h3-8,13-14,16,20,22,24H,9-12H2,1-2H3. The van der Waals surface area contributed by atoms with E-state index in [0.29, 0.717) is 10.9 Å². The molecule has 28 heavy (non-hydrogen) atoms. The van der Waals surface area contributed by atoms with Crippen molar-refractivity contribution in [1.82, 2.24) is 15.0 Å². The van der Waals surface area contributed by atoms with Crippen molar-refractivity contribution in [2.75, 3.05) is 13.1 Å². The summed E-state index contributed by atoms with van der Waals surface area (Å²) in [5, 5.41) is 3.95. The molecular formula is C20H26ClN3O3S. The lowest BCUT2D eigenvalue weighted by molar-refractivity contribution is 0.232. The van der Waals surface area contributed by atoms with E-state index in [4.69, 9.17) is 16.3 Å². The van der Waals surface area contributed by atoms with Gasteiger partial charge in [0.1, 0.15) is 4.90 Å². The van der Waals surface area contributed by atoms with E-state index in [9.17, 15) is 8.42 Å². The summed E-state index contributed by atoms with van der Waals surface area (Å²) in [6, 6.07) is 10.1. The molecule has 0 aliphatic carbocycles. The van der Waals surface area contributed by atoms with Crippen molar-refractivity contribution in [3.05, 3.63) is 53.2 Å². The van der Waals surface area contributed by atoms with Gasteiger partial charge in [0.25, 0.3) is 0 Å². The third kappa shape index (κ3) is 5.44. The molecule has 0 bridgehead atoms. The third-order valence-electron chi connectivity index (χ3n) is 4.74. The smallest absolute Gasteiger partial charge is 0.242 e. The van der Waals surface area contributed by atoms with Crippen LogP contribution in [0.4, 0.5) is 0 Å². The highest BCUT2D eigenvalue weighted by molar-refractivity contribution is 7.89. The summed E-state index contributed by atoms with van der Waals surface area (Å²) in [6.07, 6.45) is 3.11. The van der Waals surface area contributed by atoms with Crippen molar-refractivity contribution in [2.45, 2.75) is 43.7 Å². The molecule has 1 unspecified atom stereocenters. The minimum atomic E-state index is -3.73. The van der Waals surface area contributed by atoms with Crippen molar-refractivity contribution in [3.63, 3.8) is 0 Å². The number of halogens is 1. The Morgan fingerprint density at radius 1 is 1.14 bits per heavy atom. The van der Waals surface area contributed by atoms with Gasteiger partial charge < -0.3 is 10.1 Å². The summed E-state index contributed by atoms with van der Waals surface area (Å²) in [5.74, 6) is 0.607. The number of sulfonamides is 1. The number of benzene rings is 1. The van der Waals surface area contributed by atoms with Crippen LogP contribution in [0.3, 0.4) is 0 Å². The Morgan fingerprint density at radius 3 is 2.39 bits per heavy atom. The highest BCUT2D eigenvalue weighted by Crippen LogP contribution is 2.31. The zero-order valence-corrected chi connectivity index (χ0v) is 17.6.